The summed E-state index contributed by atoms with van der Waals surface area (Å²) in [6, 6.07) is 36.8. The quantitative estimate of drug-likeness (QED) is 0.0194. The van der Waals surface area contributed by atoms with E-state index in [-0.39, 0.29) is 75.6 Å². The Hall–Kier alpha value is -7.43. The second-order valence-electron chi connectivity index (χ2n) is 20.5. The second-order valence-corrected chi connectivity index (χ2v) is 22.8. The van der Waals surface area contributed by atoms with E-state index in [9.17, 15) is 29.8 Å². The van der Waals surface area contributed by atoms with Crippen molar-refractivity contribution in [2.24, 2.45) is 5.41 Å². The predicted molar refractivity (Wildman–Crippen MR) is 307 cm³/mol. The Morgan fingerprint density at radius 3 is 1.85 bits per heavy atom. The summed E-state index contributed by atoms with van der Waals surface area (Å²) in [5.74, 6) is 0.230. The SMILES string of the molecule is COc1ccc(C(OC[C@H]2O[C@@H](n3cnc4c(NC(=O)OCC(c5ccccc5[N+](=O)[O-])c5ccccc5[N+](=O)[O-])ncnc43)C[C@@H]2OP(OCSC(=O)C(C)(C)C)N(C(C)C)C(C)C)(c2ccccc2)c2ccc(OC)cc2)cc1. The zero-order valence-corrected chi connectivity index (χ0v) is 48.1. The number of nitro benzene ring substituents is 2. The van der Waals surface area contributed by atoms with Crippen LogP contribution in [-0.4, -0.2) is 103 Å². The lowest BCUT2D eigenvalue weighted by Crippen LogP contribution is -2.39. The molecule has 2 aromatic heterocycles. The number of nitrogens with zero attached hydrogens (tertiary/aromatic N) is 7. The molecular weight excluding hydrogens is 1080 g/mol. The van der Waals surface area contributed by atoms with Crippen LogP contribution in [0.3, 0.4) is 0 Å². The molecule has 0 spiro atoms. The minimum atomic E-state index is -1.85. The highest BCUT2D eigenvalue weighted by Gasteiger charge is 2.46. The van der Waals surface area contributed by atoms with Gasteiger partial charge in [0.2, 0.25) is 0 Å². The van der Waals surface area contributed by atoms with Gasteiger partial charge in [-0.15, -0.1) is 0 Å². The van der Waals surface area contributed by atoms with Crippen LogP contribution in [0.5, 0.6) is 11.5 Å². The van der Waals surface area contributed by atoms with Crippen LogP contribution in [0.25, 0.3) is 11.2 Å². The number of aromatic nitrogens is 4. The molecule has 0 radical (unpaired) electrons. The molecule has 7 aromatic rings. The molecule has 1 amide bonds. The Balaban J connectivity index is 1.14. The van der Waals surface area contributed by atoms with Gasteiger partial charge in [0.25, 0.3) is 19.9 Å². The van der Waals surface area contributed by atoms with Gasteiger partial charge in [-0.1, -0.05) is 124 Å². The van der Waals surface area contributed by atoms with Crippen LogP contribution in [0.2, 0.25) is 0 Å². The highest BCUT2D eigenvalue weighted by Crippen LogP contribution is 2.52. The fourth-order valence-electron chi connectivity index (χ4n) is 9.69. The minimum absolute atomic E-state index is 0.0276. The summed E-state index contributed by atoms with van der Waals surface area (Å²) in [5.41, 5.74) is 0.668. The average Bonchev–Trinajstić information content (AvgIpc) is 4.10. The van der Waals surface area contributed by atoms with Crippen LogP contribution in [-0.2, 0) is 33.7 Å². The van der Waals surface area contributed by atoms with Crippen molar-refractivity contribution in [3.63, 3.8) is 0 Å². The molecule has 0 bridgehead atoms. The van der Waals surface area contributed by atoms with Gasteiger partial charge in [-0.05, 0) is 68.7 Å². The number of anilines is 1. The number of fused-ring (bicyclic) bond motifs is 1. The number of nitro groups is 2. The number of hydrogen-bond donors (Lipinski definition) is 1. The van der Waals surface area contributed by atoms with E-state index >= 15 is 0 Å². The molecular formula is C58H65N8O13PS. The van der Waals surface area contributed by atoms with Crippen molar-refractivity contribution in [3.8, 4) is 11.5 Å². The first-order valence-corrected chi connectivity index (χ1v) is 28.2. The van der Waals surface area contributed by atoms with E-state index in [1.165, 1.54) is 49.1 Å². The van der Waals surface area contributed by atoms with Crippen molar-refractivity contribution in [2.75, 3.05) is 38.7 Å². The van der Waals surface area contributed by atoms with Crippen LogP contribution in [0, 0.1) is 25.6 Å². The molecule has 1 aliphatic heterocycles. The molecule has 0 saturated carbocycles. The van der Waals surface area contributed by atoms with Gasteiger partial charge in [-0.2, -0.15) is 0 Å². The van der Waals surface area contributed by atoms with Crippen LogP contribution >= 0.6 is 20.3 Å². The number of thioether (sulfide) groups is 1. The number of benzene rings is 5. The Morgan fingerprint density at radius 2 is 1.32 bits per heavy atom. The number of rotatable bonds is 24. The molecule has 426 valence electrons. The second kappa shape index (κ2) is 26.4. The summed E-state index contributed by atoms with van der Waals surface area (Å²) in [6.07, 6.45) is -0.295. The van der Waals surface area contributed by atoms with Gasteiger partial charge in [0.1, 0.15) is 48.3 Å². The van der Waals surface area contributed by atoms with Crippen LogP contribution in [0.15, 0.2) is 140 Å². The smallest absolute Gasteiger partial charge is 0.412 e. The van der Waals surface area contributed by atoms with Crippen LogP contribution < -0.4 is 14.8 Å². The number of imidazole rings is 1. The highest BCUT2D eigenvalue weighted by atomic mass is 32.2. The van der Waals surface area contributed by atoms with Gasteiger partial charge in [0.05, 0.1) is 49.0 Å². The molecule has 21 nitrogen and oxygen atoms in total. The predicted octanol–water partition coefficient (Wildman–Crippen LogP) is 12.3. The van der Waals surface area contributed by atoms with Crippen molar-refractivity contribution in [2.45, 2.75) is 96.9 Å². The number of amides is 1. The van der Waals surface area contributed by atoms with E-state index in [0.29, 0.717) is 11.5 Å². The van der Waals surface area contributed by atoms with Crippen molar-refractivity contribution in [3.05, 3.63) is 188 Å². The molecule has 23 heteroatoms. The normalized spacial score (nSPS) is 16.0. The molecule has 81 heavy (non-hydrogen) atoms. The monoisotopic (exact) mass is 1140 g/mol. The van der Waals surface area contributed by atoms with E-state index < -0.39 is 66.4 Å². The number of nitrogens with one attached hydrogen (secondary N) is 1. The maximum absolute atomic E-state index is 13.8. The number of methoxy groups -OCH3 is 2. The van der Waals surface area contributed by atoms with Gasteiger partial charge >= 0.3 is 6.09 Å². The Bertz CT molecular complexity index is 3180. The molecule has 1 saturated heterocycles. The Labute approximate surface area is 474 Å². The zero-order chi connectivity index (χ0) is 58.0. The fourth-order valence-corrected chi connectivity index (χ4v) is 12.3. The standard InChI is InChI=1S/C58H65N8O13PS/c1-37(2)64(38(3)4)80(77-36-81-55(67)57(5,6)7)79-49-31-51(78-50(49)33-76-58(39-17-11-10-12-18-39,40-23-27-42(73-8)28-24-40)41-25-29-43(74-9)30-26-41)63-35-61-52-53(59-34-60-54(52)63)62-56(68)75-32-46(44-19-13-15-21-47(44)65(69)70)45-20-14-16-22-48(45)66(71)72/h10-30,34-35,37-38,46,49-51H,31-33,36H2,1-9H3,(H,59,60,62,68)/t49-,50+,51+,80?/m0/s1. The summed E-state index contributed by atoms with van der Waals surface area (Å²) in [6.45, 7) is 13.3. The van der Waals surface area contributed by atoms with Crippen LogP contribution in [0.4, 0.5) is 22.0 Å². The summed E-state index contributed by atoms with van der Waals surface area (Å²) in [7, 11) is 1.38. The zero-order valence-electron chi connectivity index (χ0n) is 46.4. The first kappa shape index (κ1) is 59.7. The maximum Gasteiger partial charge on any atom is 0.412 e. The van der Waals surface area contributed by atoms with E-state index in [1.54, 1.807) is 30.9 Å². The first-order chi connectivity index (χ1) is 38.8. The molecule has 1 fully saturated rings. The Kier molecular flexibility index (Phi) is 19.5. The van der Waals surface area contributed by atoms with Crippen molar-refractivity contribution < 1.29 is 52.2 Å². The van der Waals surface area contributed by atoms with Gasteiger partial charge in [-0.3, -0.25) is 34.9 Å². The highest BCUT2D eigenvalue weighted by molar-refractivity contribution is 8.13. The summed E-state index contributed by atoms with van der Waals surface area (Å²) in [4.78, 5) is 63.6. The van der Waals surface area contributed by atoms with E-state index in [2.05, 4.69) is 52.6 Å². The summed E-state index contributed by atoms with van der Waals surface area (Å²) in [5, 5.41) is 26.9. The lowest BCUT2D eigenvalue weighted by Gasteiger charge is -2.39. The van der Waals surface area contributed by atoms with Crippen molar-refractivity contribution in [1.29, 1.82) is 0 Å². The molecule has 1 unspecified atom stereocenters. The third-order valence-electron chi connectivity index (χ3n) is 13.5. The molecule has 1 N–H and O–H groups in total. The van der Waals surface area contributed by atoms with E-state index in [0.717, 1.165) is 28.5 Å². The summed E-state index contributed by atoms with van der Waals surface area (Å²) >= 11 is 1.09. The topological polar surface area (TPSA) is 244 Å². The summed E-state index contributed by atoms with van der Waals surface area (Å²) < 4.78 is 49.0. The molecule has 8 rings (SSSR count). The largest absolute Gasteiger partial charge is 0.497 e. The third kappa shape index (κ3) is 13.7. The van der Waals surface area contributed by atoms with Gasteiger partial charge < -0.3 is 32.7 Å². The molecule has 0 aliphatic carbocycles. The fraction of sp³-hybridized carbons (Fsp3) is 0.362. The molecule has 4 atom stereocenters. The third-order valence-corrected chi connectivity index (χ3v) is 16.9. The molecule has 5 aromatic carbocycles. The number of para-hydroxylation sites is 2. The van der Waals surface area contributed by atoms with Crippen molar-refractivity contribution >= 4 is 59.9 Å². The number of hydrogen-bond acceptors (Lipinski definition) is 18. The van der Waals surface area contributed by atoms with Gasteiger partial charge in [0.15, 0.2) is 22.1 Å². The minimum Gasteiger partial charge on any atom is -0.497 e. The molecule has 1 aliphatic rings. The van der Waals surface area contributed by atoms with Gasteiger partial charge in [0, 0.05) is 47.2 Å². The lowest BCUT2D eigenvalue weighted by molar-refractivity contribution is -0.386. The average molecular weight is 1150 g/mol. The maximum atomic E-state index is 13.8. The van der Waals surface area contributed by atoms with Crippen LogP contribution in [0.1, 0.15) is 94.9 Å². The molecule has 3 heterocycles. The number of carbonyl (C=O) groups excluding carboxylic acids is 2. The first-order valence-electron chi connectivity index (χ1n) is 26.1. The van der Waals surface area contributed by atoms with Crippen molar-refractivity contribution in [1.82, 2.24) is 24.2 Å². The number of ether oxygens (including phenoxy) is 5. The lowest BCUT2D eigenvalue weighted by atomic mass is 9.80. The van der Waals surface area contributed by atoms with Gasteiger partial charge in [-0.25, -0.2) is 24.4 Å². The Morgan fingerprint density at radius 1 is 0.778 bits per heavy atom. The van der Waals surface area contributed by atoms with E-state index in [1.807, 2.05) is 99.6 Å². The van der Waals surface area contributed by atoms with E-state index in [4.69, 9.17) is 32.7 Å². The number of carbonyl (C=O) groups is 2.